The zero-order chi connectivity index (χ0) is 20.9. The number of amides is 1. The number of ether oxygens (including phenoxy) is 1. The molecule has 29 heavy (non-hydrogen) atoms. The van der Waals surface area contributed by atoms with Gasteiger partial charge in [0.15, 0.2) is 21.3 Å². The number of Topliss-reactive ketones (excluding diaryl/α,β-unsaturated/α-hetero) is 1. The van der Waals surface area contributed by atoms with Crippen LogP contribution in [0.5, 0.6) is 0 Å². The summed E-state index contributed by atoms with van der Waals surface area (Å²) < 4.78 is 32.0. The van der Waals surface area contributed by atoms with Gasteiger partial charge in [-0.15, -0.1) is 5.10 Å². The molecule has 0 saturated carbocycles. The minimum absolute atomic E-state index is 0.0574. The molecule has 10 nitrogen and oxygen atoms in total. The molecule has 0 radical (unpaired) electrons. The second kappa shape index (κ2) is 7.04. The Balaban J connectivity index is 1.87. The van der Waals surface area contributed by atoms with E-state index in [0.29, 0.717) is 5.56 Å². The van der Waals surface area contributed by atoms with E-state index in [1.807, 2.05) is 0 Å². The van der Waals surface area contributed by atoms with Crippen LogP contribution in [-0.2, 0) is 26.4 Å². The van der Waals surface area contributed by atoms with Crippen molar-refractivity contribution < 1.29 is 22.7 Å². The standard InChI is InChI=1S/C17H17N5O5S2/c1-9-11(12(23)10-7-5-4-6-8-10)22-14(24)13(27-3)15(22)29(25,26)16(9)28-17-18-19-20-21(17)2/h4-8,13,15-16H,1-3H3/t13-,15-,16?/m0/s1. The lowest BCUT2D eigenvalue weighted by Crippen LogP contribution is -2.71. The molecule has 3 atom stereocenters. The van der Waals surface area contributed by atoms with E-state index in [9.17, 15) is 18.0 Å². The van der Waals surface area contributed by atoms with Crippen molar-refractivity contribution >= 4 is 33.3 Å². The van der Waals surface area contributed by atoms with Gasteiger partial charge in [0.2, 0.25) is 10.9 Å². The number of fused-ring (bicyclic) bond motifs is 1. The number of rotatable bonds is 5. The second-order valence-electron chi connectivity index (χ2n) is 6.61. The summed E-state index contributed by atoms with van der Waals surface area (Å²) in [5.41, 5.74) is 0.672. The summed E-state index contributed by atoms with van der Waals surface area (Å²) in [6.07, 6.45) is -1.16. The van der Waals surface area contributed by atoms with Gasteiger partial charge < -0.3 is 4.74 Å². The van der Waals surface area contributed by atoms with E-state index < -0.39 is 37.6 Å². The molecule has 1 fully saturated rings. The quantitative estimate of drug-likeness (QED) is 0.485. The number of tetrazole rings is 1. The van der Waals surface area contributed by atoms with Gasteiger partial charge in [-0.2, -0.15) is 0 Å². The van der Waals surface area contributed by atoms with Crippen LogP contribution >= 0.6 is 11.8 Å². The molecule has 0 spiro atoms. The molecule has 3 heterocycles. The van der Waals surface area contributed by atoms with Crippen LogP contribution in [-0.4, -0.2) is 68.4 Å². The summed E-state index contributed by atoms with van der Waals surface area (Å²) in [7, 11) is -1.07. The molecule has 1 aromatic carbocycles. The highest BCUT2D eigenvalue weighted by molar-refractivity contribution is 8.14. The van der Waals surface area contributed by atoms with E-state index in [-0.39, 0.29) is 16.4 Å². The molecular weight excluding hydrogens is 418 g/mol. The first-order valence-electron chi connectivity index (χ1n) is 8.57. The minimum atomic E-state index is -3.93. The Morgan fingerprint density at radius 1 is 1.24 bits per heavy atom. The van der Waals surface area contributed by atoms with Gasteiger partial charge in [0.25, 0.3) is 5.91 Å². The largest absolute Gasteiger partial charge is 0.368 e. The highest BCUT2D eigenvalue weighted by Gasteiger charge is 2.63. The van der Waals surface area contributed by atoms with Crippen LogP contribution in [0.3, 0.4) is 0 Å². The molecule has 2 aliphatic rings. The number of carbonyl (C=O) groups is 2. The fraction of sp³-hybridized carbons (Fsp3) is 0.353. The lowest BCUT2D eigenvalue weighted by molar-refractivity contribution is -0.158. The number of nitrogens with zero attached hydrogens (tertiary/aromatic N) is 5. The van der Waals surface area contributed by atoms with Crippen LogP contribution in [0.2, 0.25) is 0 Å². The Morgan fingerprint density at radius 3 is 2.52 bits per heavy atom. The van der Waals surface area contributed by atoms with E-state index in [2.05, 4.69) is 15.5 Å². The van der Waals surface area contributed by atoms with Gasteiger partial charge in [-0.05, 0) is 22.9 Å². The minimum Gasteiger partial charge on any atom is -0.368 e. The van der Waals surface area contributed by atoms with Crippen LogP contribution in [0.15, 0.2) is 46.8 Å². The van der Waals surface area contributed by atoms with Crippen molar-refractivity contribution in [3.63, 3.8) is 0 Å². The summed E-state index contributed by atoms with van der Waals surface area (Å²) in [6.45, 7) is 1.54. The number of hydrogen-bond donors (Lipinski definition) is 0. The van der Waals surface area contributed by atoms with Crippen molar-refractivity contribution in [1.82, 2.24) is 25.1 Å². The first-order valence-corrected chi connectivity index (χ1v) is 11.1. The number of ketones is 1. The van der Waals surface area contributed by atoms with Gasteiger partial charge in [-0.25, -0.2) is 13.1 Å². The maximum absolute atomic E-state index is 13.3. The fourth-order valence-electron chi connectivity index (χ4n) is 3.47. The molecular formula is C17H17N5O5S2. The zero-order valence-electron chi connectivity index (χ0n) is 15.7. The number of β-lactam (4-membered cyclic amide) rings is 1. The summed E-state index contributed by atoms with van der Waals surface area (Å²) in [6, 6.07) is 8.41. The lowest BCUT2D eigenvalue weighted by atomic mass is 9.99. The van der Waals surface area contributed by atoms with Crippen molar-refractivity contribution in [3.05, 3.63) is 47.2 Å². The van der Waals surface area contributed by atoms with E-state index in [1.165, 1.54) is 11.8 Å². The molecule has 1 unspecified atom stereocenters. The van der Waals surface area contributed by atoms with Gasteiger partial charge >= 0.3 is 0 Å². The molecule has 152 valence electrons. The van der Waals surface area contributed by atoms with Crippen molar-refractivity contribution in [2.75, 3.05) is 7.11 Å². The number of methoxy groups -OCH3 is 1. The van der Waals surface area contributed by atoms with Gasteiger partial charge in [-0.1, -0.05) is 42.1 Å². The maximum Gasteiger partial charge on any atom is 0.260 e. The Labute approximate surface area is 170 Å². The number of thioether (sulfide) groups is 1. The molecule has 4 rings (SSSR count). The molecule has 1 aromatic heterocycles. The maximum atomic E-state index is 13.3. The van der Waals surface area contributed by atoms with Crippen LogP contribution in [0.25, 0.3) is 0 Å². The second-order valence-corrected chi connectivity index (χ2v) is 10.1. The smallest absolute Gasteiger partial charge is 0.260 e. The van der Waals surface area contributed by atoms with Crippen LogP contribution in [0.1, 0.15) is 17.3 Å². The Hall–Kier alpha value is -2.57. The average Bonchev–Trinajstić information content (AvgIpc) is 3.11. The number of aromatic nitrogens is 4. The highest BCUT2D eigenvalue weighted by Crippen LogP contribution is 2.46. The van der Waals surface area contributed by atoms with Crippen molar-refractivity contribution in [2.24, 2.45) is 7.05 Å². The number of hydrogen-bond acceptors (Lipinski definition) is 9. The third-order valence-electron chi connectivity index (χ3n) is 4.90. The van der Waals surface area contributed by atoms with E-state index in [1.54, 1.807) is 44.3 Å². The first kappa shape index (κ1) is 19.7. The molecule has 0 N–H and O–H groups in total. The van der Waals surface area contributed by atoms with Crippen LogP contribution < -0.4 is 0 Å². The molecule has 2 aromatic rings. The summed E-state index contributed by atoms with van der Waals surface area (Å²) in [4.78, 5) is 26.9. The number of carbonyl (C=O) groups excluding carboxylic acids is 2. The predicted molar refractivity (Wildman–Crippen MR) is 102 cm³/mol. The van der Waals surface area contributed by atoms with Gasteiger partial charge in [0.05, 0.1) is 5.70 Å². The molecule has 1 saturated heterocycles. The lowest BCUT2D eigenvalue weighted by Gasteiger charge is -2.50. The van der Waals surface area contributed by atoms with Crippen molar-refractivity contribution in [3.8, 4) is 0 Å². The molecule has 2 aliphatic heterocycles. The van der Waals surface area contributed by atoms with E-state index in [0.717, 1.165) is 16.7 Å². The number of aryl methyl sites for hydroxylation is 1. The number of sulfone groups is 1. The Bertz CT molecular complexity index is 1130. The average molecular weight is 435 g/mol. The van der Waals surface area contributed by atoms with Gasteiger partial charge in [0, 0.05) is 19.7 Å². The van der Waals surface area contributed by atoms with Gasteiger partial charge in [-0.3, -0.25) is 14.5 Å². The number of allylic oxidation sites excluding steroid dienone is 1. The SMILES string of the molecule is CO[C@H]1C(=O)N2C(C(=O)c3ccccc3)=C(C)C(Sc3nnnn3C)S(=O)(=O)[C@@H]12. The number of benzene rings is 1. The molecule has 0 aliphatic carbocycles. The van der Waals surface area contributed by atoms with Gasteiger partial charge in [0.1, 0.15) is 4.58 Å². The summed E-state index contributed by atoms with van der Waals surface area (Å²) >= 11 is 0.918. The summed E-state index contributed by atoms with van der Waals surface area (Å²) in [5.74, 6) is -0.976. The van der Waals surface area contributed by atoms with E-state index in [4.69, 9.17) is 4.74 Å². The normalized spacial score (nSPS) is 25.6. The van der Waals surface area contributed by atoms with Crippen molar-refractivity contribution in [1.29, 1.82) is 0 Å². The molecule has 1 amide bonds. The fourth-order valence-corrected chi connectivity index (χ4v) is 7.29. The predicted octanol–water partition coefficient (Wildman–Crippen LogP) is 0.397. The van der Waals surface area contributed by atoms with Crippen molar-refractivity contribution in [2.45, 2.75) is 28.1 Å². The molecule has 0 bridgehead atoms. The van der Waals surface area contributed by atoms with Crippen LogP contribution in [0.4, 0.5) is 0 Å². The Morgan fingerprint density at radius 2 is 1.93 bits per heavy atom. The van der Waals surface area contributed by atoms with E-state index >= 15 is 0 Å². The third-order valence-corrected chi connectivity index (χ3v) is 9.20. The zero-order valence-corrected chi connectivity index (χ0v) is 17.3. The third kappa shape index (κ3) is 2.90. The monoisotopic (exact) mass is 435 g/mol. The summed E-state index contributed by atoms with van der Waals surface area (Å²) in [5, 5.41) is 10.1. The topological polar surface area (TPSA) is 124 Å². The molecule has 12 heteroatoms. The first-order chi connectivity index (χ1) is 13.8. The highest BCUT2D eigenvalue weighted by atomic mass is 32.3. The van der Waals surface area contributed by atoms with Crippen LogP contribution in [0, 0.1) is 0 Å². The Kier molecular flexibility index (Phi) is 4.79.